The van der Waals surface area contributed by atoms with Crippen LogP contribution in [0.2, 0.25) is 0 Å². The smallest absolute Gasteiger partial charge is 0.305 e. The summed E-state index contributed by atoms with van der Waals surface area (Å²) in [6.45, 7) is 0. The Bertz CT molecular complexity index is 1380. The van der Waals surface area contributed by atoms with E-state index in [4.69, 9.17) is 4.42 Å². The molecule has 1 aromatic heterocycles. The molecule has 0 atom stereocenters. The summed E-state index contributed by atoms with van der Waals surface area (Å²) in [6.07, 6.45) is 0. The summed E-state index contributed by atoms with van der Waals surface area (Å²) in [7, 11) is -3.61. The number of amides is 2. The van der Waals surface area contributed by atoms with Crippen LogP contribution >= 0.6 is 0 Å². The van der Waals surface area contributed by atoms with Crippen LogP contribution in [0.1, 0.15) is 26.7 Å². The SMILES string of the molecule is O=C(NNC(=O)c1ccccc1-c1ccccc1)c1ccc(CS(=O)(=O)c2ccccc2)o1. The molecule has 0 aliphatic heterocycles. The summed E-state index contributed by atoms with van der Waals surface area (Å²) >= 11 is 0. The van der Waals surface area contributed by atoms with Crippen molar-refractivity contribution < 1.29 is 22.4 Å². The maximum Gasteiger partial charge on any atom is 0.305 e. The van der Waals surface area contributed by atoms with Crippen LogP contribution in [0.5, 0.6) is 0 Å². The van der Waals surface area contributed by atoms with Crippen LogP contribution in [0.25, 0.3) is 11.1 Å². The lowest BCUT2D eigenvalue weighted by Crippen LogP contribution is -2.41. The number of nitrogens with one attached hydrogen (secondary N) is 2. The highest BCUT2D eigenvalue weighted by Crippen LogP contribution is 2.23. The molecule has 0 aliphatic rings. The molecule has 4 aromatic rings. The minimum atomic E-state index is -3.61. The fourth-order valence-corrected chi connectivity index (χ4v) is 4.54. The van der Waals surface area contributed by atoms with Gasteiger partial charge in [0, 0.05) is 5.56 Å². The van der Waals surface area contributed by atoms with Gasteiger partial charge in [0.25, 0.3) is 5.91 Å². The molecular weight excluding hydrogens is 440 g/mol. The lowest BCUT2D eigenvalue weighted by Gasteiger charge is -2.10. The van der Waals surface area contributed by atoms with Gasteiger partial charge in [-0.1, -0.05) is 66.7 Å². The molecule has 33 heavy (non-hydrogen) atoms. The summed E-state index contributed by atoms with van der Waals surface area (Å²) in [5, 5.41) is 0. The molecule has 3 aromatic carbocycles. The Kier molecular flexibility index (Phi) is 6.37. The normalized spacial score (nSPS) is 11.0. The van der Waals surface area contributed by atoms with Crippen LogP contribution in [-0.4, -0.2) is 20.2 Å². The van der Waals surface area contributed by atoms with Gasteiger partial charge in [0.1, 0.15) is 11.5 Å². The topological polar surface area (TPSA) is 105 Å². The van der Waals surface area contributed by atoms with Gasteiger partial charge in [0.15, 0.2) is 15.6 Å². The molecule has 7 nitrogen and oxygen atoms in total. The van der Waals surface area contributed by atoms with Gasteiger partial charge in [-0.25, -0.2) is 8.42 Å². The first-order valence-electron chi connectivity index (χ1n) is 10.1. The highest BCUT2D eigenvalue weighted by molar-refractivity contribution is 7.90. The fraction of sp³-hybridized carbons (Fsp3) is 0.0400. The van der Waals surface area contributed by atoms with E-state index in [0.29, 0.717) is 5.56 Å². The number of sulfone groups is 1. The van der Waals surface area contributed by atoms with Crippen LogP contribution in [0, 0.1) is 0 Å². The second kappa shape index (κ2) is 9.54. The zero-order valence-electron chi connectivity index (χ0n) is 17.4. The van der Waals surface area contributed by atoms with E-state index in [2.05, 4.69) is 10.9 Å². The van der Waals surface area contributed by atoms with Crippen LogP contribution in [0.15, 0.2) is 106 Å². The van der Waals surface area contributed by atoms with Gasteiger partial charge in [-0.3, -0.25) is 20.4 Å². The number of hydrogen-bond acceptors (Lipinski definition) is 5. The van der Waals surface area contributed by atoms with Gasteiger partial charge in [0.05, 0.1) is 4.90 Å². The molecule has 0 radical (unpaired) electrons. The Hall–Kier alpha value is -4.17. The van der Waals surface area contributed by atoms with Crippen molar-refractivity contribution in [3.63, 3.8) is 0 Å². The van der Waals surface area contributed by atoms with E-state index < -0.39 is 21.7 Å². The van der Waals surface area contributed by atoms with Crippen LogP contribution < -0.4 is 10.9 Å². The summed E-state index contributed by atoms with van der Waals surface area (Å²) in [5.41, 5.74) is 6.65. The summed E-state index contributed by atoms with van der Waals surface area (Å²) < 4.78 is 30.4. The summed E-state index contributed by atoms with van der Waals surface area (Å²) in [5.74, 6) is -1.60. The first kappa shape index (κ1) is 22.0. The standard InChI is InChI=1S/C25H20N2O5S/c28-24(22-14-8-7-13-21(22)18-9-3-1-4-10-18)26-27-25(29)23-16-15-19(32-23)17-33(30,31)20-11-5-2-6-12-20/h1-16H,17H2,(H,26,28)(H,27,29). The molecule has 166 valence electrons. The molecule has 0 fully saturated rings. The third-order valence-corrected chi connectivity index (χ3v) is 6.52. The van der Waals surface area contributed by atoms with E-state index in [0.717, 1.165) is 11.1 Å². The van der Waals surface area contributed by atoms with Gasteiger partial charge in [-0.15, -0.1) is 0 Å². The minimum Gasteiger partial charge on any atom is -0.455 e. The third-order valence-electron chi connectivity index (χ3n) is 4.87. The second-order valence-electron chi connectivity index (χ2n) is 7.16. The van der Waals surface area contributed by atoms with Crippen molar-refractivity contribution in [2.45, 2.75) is 10.6 Å². The largest absolute Gasteiger partial charge is 0.455 e. The molecule has 8 heteroatoms. The van der Waals surface area contributed by atoms with Crippen LogP contribution in [0.3, 0.4) is 0 Å². The number of rotatable bonds is 6. The van der Waals surface area contributed by atoms with Crippen molar-refractivity contribution in [2.75, 3.05) is 0 Å². The Labute approximate surface area is 191 Å². The van der Waals surface area contributed by atoms with Gasteiger partial charge in [-0.05, 0) is 41.5 Å². The first-order chi connectivity index (χ1) is 15.9. The van der Waals surface area contributed by atoms with Crippen LogP contribution in [0.4, 0.5) is 0 Å². The van der Waals surface area contributed by atoms with Crippen molar-refractivity contribution >= 4 is 21.7 Å². The maximum absolute atomic E-state index is 12.7. The van der Waals surface area contributed by atoms with Gasteiger partial charge in [-0.2, -0.15) is 0 Å². The van der Waals surface area contributed by atoms with E-state index in [1.54, 1.807) is 30.3 Å². The van der Waals surface area contributed by atoms with E-state index in [9.17, 15) is 18.0 Å². The number of carbonyl (C=O) groups excluding carboxylic acids is 2. The van der Waals surface area contributed by atoms with E-state index in [1.165, 1.54) is 24.3 Å². The molecule has 0 unspecified atom stereocenters. The molecule has 0 bridgehead atoms. The van der Waals surface area contributed by atoms with Crippen molar-refractivity contribution in [3.8, 4) is 11.1 Å². The van der Waals surface area contributed by atoms with E-state index >= 15 is 0 Å². The highest BCUT2D eigenvalue weighted by Gasteiger charge is 2.20. The van der Waals surface area contributed by atoms with Crippen molar-refractivity contribution in [1.82, 2.24) is 10.9 Å². The minimum absolute atomic E-state index is 0.116. The molecule has 1 heterocycles. The second-order valence-corrected chi connectivity index (χ2v) is 9.15. The predicted octanol–water partition coefficient (Wildman–Crippen LogP) is 4.00. The lowest BCUT2D eigenvalue weighted by atomic mass is 9.99. The number of benzene rings is 3. The number of carbonyl (C=O) groups is 2. The molecular formula is C25H20N2O5S. The summed E-state index contributed by atoms with van der Waals surface area (Å²) in [4.78, 5) is 25.3. The first-order valence-corrected chi connectivity index (χ1v) is 11.7. The number of hydrogen-bond donors (Lipinski definition) is 2. The average molecular weight is 461 g/mol. The zero-order valence-corrected chi connectivity index (χ0v) is 18.2. The van der Waals surface area contributed by atoms with Crippen LogP contribution in [-0.2, 0) is 15.6 Å². The monoisotopic (exact) mass is 460 g/mol. The Morgan fingerprint density at radius 2 is 1.30 bits per heavy atom. The quantitative estimate of drug-likeness (QED) is 0.423. The summed E-state index contributed by atoms with van der Waals surface area (Å²) in [6, 6.07) is 27.2. The van der Waals surface area contributed by atoms with E-state index in [1.807, 2.05) is 42.5 Å². The molecule has 0 aliphatic carbocycles. The zero-order chi connectivity index (χ0) is 23.3. The molecule has 2 amide bonds. The molecule has 2 N–H and O–H groups in total. The Morgan fingerprint density at radius 3 is 2.03 bits per heavy atom. The highest BCUT2D eigenvalue weighted by atomic mass is 32.2. The van der Waals surface area contributed by atoms with Gasteiger partial charge in [0.2, 0.25) is 0 Å². The van der Waals surface area contributed by atoms with Crippen molar-refractivity contribution in [3.05, 3.63) is 114 Å². The molecule has 0 saturated heterocycles. The maximum atomic E-state index is 12.7. The fourth-order valence-electron chi connectivity index (χ4n) is 3.27. The van der Waals surface area contributed by atoms with Crippen molar-refractivity contribution in [1.29, 1.82) is 0 Å². The van der Waals surface area contributed by atoms with Gasteiger partial charge >= 0.3 is 5.91 Å². The molecule has 0 spiro atoms. The Morgan fingerprint density at radius 1 is 0.697 bits per heavy atom. The molecule has 4 rings (SSSR count). The average Bonchev–Trinajstić information content (AvgIpc) is 3.31. The van der Waals surface area contributed by atoms with Gasteiger partial charge < -0.3 is 4.42 Å². The lowest BCUT2D eigenvalue weighted by molar-refractivity contribution is 0.0830. The van der Waals surface area contributed by atoms with Crippen molar-refractivity contribution in [2.24, 2.45) is 0 Å². The van der Waals surface area contributed by atoms with E-state index in [-0.39, 0.29) is 22.2 Å². The number of hydrazine groups is 1. The third kappa shape index (κ3) is 5.19. The molecule has 0 saturated carbocycles. The predicted molar refractivity (Wildman–Crippen MR) is 123 cm³/mol. The Balaban J connectivity index is 1.42. The number of furan rings is 1.